The quantitative estimate of drug-likeness (QED) is 0.826. The van der Waals surface area contributed by atoms with Gasteiger partial charge in [-0.15, -0.1) is 11.6 Å². The van der Waals surface area contributed by atoms with Crippen molar-refractivity contribution in [1.82, 2.24) is 5.32 Å². The molecule has 0 aliphatic carbocycles. The van der Waals surface area contributed by atoms with E-state index in [0.717, 1.165) is 16.7 Å². The molecule has 2 N–H and O–H groups in total. The molecule has 0 saturated carbocycles. The fourth-order valence-corrected chi connectivity index (χ4v) is 2.18. The minimum Gasteiger partial charge on any atom is -0.507 e. The van der Waals surface area contributed by atoms with Gasteiger partial charge in [0.1, 0.15) is 11.6 Å². The summed E-state index contributed by atoms with van der Waals surface area (Å²) in [6, 6.07) is 3.88. The molecule has 1 aromatic carbocycles. The number of aryl methyl sites for hydroxylation is 2. The number of halogens is 1. The fourth-order valence-electron chi connectivity index (χ4n) is 2.11. The summed E-state index contributed by atoms with van der Waals surface area (Å²) in [4.78, 5) is 11.3. The van der Waals surface area contributed by atoms with Crippen molar-refractivity contribution in [2.24, 2.45) is 0 Å². The predicted molar refractivity (Wildman–Crippen MR) is 74.2 cm³/mol. The van der Waals surface area contributed by atoms with E-state index in [9.17, 15) is 9.90 Å². The number of carbonyl (C=O) groups is 1. The molecule has 1 rings (SSSR count). The van der Waals surface area contributed by atoms with Crippen LogP contribution < -0.4 is 5.32 Å². The van der Waals surface area contributed by atoms with Gasteiger partial charge in [0.15, 0.2) is 0 Å². The third-order valence-corrected chi connectivity index (χ3v) is 3.04. The largest absolute Gasteiger partial charge is 0.507 e. The van der Waals surface area contributed by atoms with Crippen molar-refractivity contribution in [3.63, 3.8) is 0 Å². The maximum absolute atomic E-state index is 11.3. The molecule has 0 aliphatic heterocycles. The highest BCUT2D eigenvalue weighted by Crippen LogP contribution is 2.25. The van der Waals surface area contributed by atoms with E-state index in [1.165, 1.54) is 0 Å². The second-order valence-electron chi connectivity index (χ2n) is 5.32. The molecule has 0 heterocycles. The van der Waals surface area contributed by atoms with Crippen molar-refractivity contribution < 1.29 is 9.90 Å². The molecule has 0 spiro atoms. The van der Waals surface area contributed by atoms with Crippen LogP contribution in [0.5, 0.6) is 5.75 Å². The number of hydrogen-bond acceptors (Lipinski definition) is 2. The van der Waals surface area contributed by atoms with Crippen LogP contribution in [0.4, 0.5) is 0 Å². The number of alkyl halides is 1. The van der Waals surface area contributed by atoms with Crippen molar-refractivity contribution in [3.8, 4) is 5.75 Å². The molecule has 18 heavy (non-hydrogen) atoms. The first-order chi connectivity index (χ1) is 8.25. The van der Waals surface area contributed by atoms with E-state index in [1.807, 2.05) is 39.8 Å². The summed E-state index contributed by atoms with van der Waals surface area (Å²) in [6.45, 7) is 7.65. The highest BCUT2D eigenvalue weighted by atomic mass is 35.5. The summed E-state index contributed by atoms with van der Waals surface area (Å²) in [5.74, 6) is 0.132. The smallest absolute Gasteiger partial charge is 0.235 e. The lowest BCUT2D eigenvalue weighted by atomic mass is 9.92. The van der Waals surface area contributed by atoms with Gasteiger partial charge in [0.05, 0.1) is 0 Å². The van der Waals surface area contributed by atoms with E-state index in [2.05, 4.69) is 5.32 Å². The van der Waals surface area contributed by atoms with Crippen LogP contribution in [-0.2, 0) is 11.2 Å². The second kappa shape index (κ2) is 5.61. The molecular formula is C14H20ClNO2. The van der Waals surface area contributed by atoms with Crippen LogP contribution in [0.1, 0.15) is 30.5 Å². The Bertz CT molecular complexity index is 432. The minimum absolute atomic E-state index is 0.0307. The Morgan fingerprint density at radius 1 is 1.33 bits per heavy atom. The van der Waals surface area contributed by atoms with Crippen LogP contribution >= 0.6 is 11.6 Å². The Morgan fingerprint density at radius 3 is 2.28 bits per heavy atom. The lowest BCUT2D eigenvalue weighted by Crippen LogP contribution is -2.45. The molecule has 0 fully saturated rings. The molecular weight excluding hydrogens is 250 g/mol. The van der Waals surface area contributed by atoms with Crippen LogP contribution in [0.25, 0.3) is 0 Å². The third-order valence-electron chi connectivity index (χ3n) is 2.80. The van der Waals surface area contributed by atoms with Crippen molar-refractivity contribution in [3.05, 3.63) is 28.8 Å². The van der Waals surface area contributed by atoms with E-state index in [0.29, 0.717) is 12.2 Å². The van der Waals surface area contributed by atoms with Crippen molar-refractivity contribution in [2.75, 3.05) is 5.88 Å². The number of hydrogen-bond donors (Lipinski definition) is 2. The monoisotopic (exact) mass is 269 g/mol. The number of phenols is 1. The summed E-state index contributed by atoms with van der Waals surface area (Å²) in [6.07, 6.45) is 0.692. The standard InChI is InChI=1S/C14H20ClNO2/c1-9-5-11(6-10(2)13(9)18)7-14(3,4)16-12(17)8-15/h5-6,18H,7-8H2,1-4H3,(H,16,17). The maximum Gasteiger partial charge on any atom is 0.235 e. The minimum atomic E-state index is -0.359. The molecule has 0 aromatic heterocycles. The Balaban J connectivity index is 2.87. The Kier molecular flexibility index (Phi) is 4.63. The molecule has 0 aliphatic rings. The summed E-state index contributed by atoms with van der Waals surface area (Å²) in [7, 11) is 0. The molecule has 0 radical (unpaired) electrons. The third kappa shape index (κ3) is 3.91. The summed E-state index contributed by atoms with van der Waals surface area (Å²) in [5, 5.41) is 12.6. The first kappa shape index (κ1) is 14.8. The van der Waals surface area contributed by atoms with Crippen LogP contribution in [0.15, 0.2) is 12.1 Å². The van der Waals surface area contributed by atoms with Gasteiger partial charge in [0.25, 0.3) is 0 Å². The average Bonchev–Trinajstić information content (AvgIpc) is 2.24. The van der Waals surface area contributed by atoms with E-state index < -0.39 is 0 Å². The molecule has 0 saturated heterocycles. The molecule has 1 aromatic rings. The number of amides is 1. The average molecular weight is 270 g/mol. The predicted octanol–water partition coefficient (Wildman–Crippen LogP) is 2.69. The summed E-state index contributed by atoms with van der Waals surface area (Å²) in [5.41, 5.74) is 2.43. The zero-order valence-electron chi connectivity index (χ0n) is 11.3. The van der Waals surface area contributed by atoms with Gasteiger partial charge < -0.3 is 10.4 Å². The fraction of sp³-hybridized carbons (Fsp3) is 0.500. The Labute approximate surface area is 113 Å². The Hall–Kier alpha value is -1.22. The van der Waals surface area contributed by atoms with E-state index in [1.54, 1.807) is 0 Å². The number of phenolic OH excluding ortho intramolecular Hbond substituents is 1. The summed E-state index contributed by atoms with van der Waals surface area (Å²) < 4.78 is 0. The zero-order valence-corrected chi connectivity index (χ0v) is 12.1. The molecule has 3 nitrogen and oxygen atoms in total. The highest BCUT2D eigenvalue weighted by Gasteiger charge is 2.21. The first-order valence-corrected chi connectivity index (χ1v) is 6.44. The molecule has 1 amide bonds. The highest BCUT2D eigenvalue weighted by molar-refractivity contribution is 6.27. The number of benzene rings is 1. The van der Waals surface area contributed by atoms with Gasteiger partial charge in [0.2, 0.25) is 5.91 Å². The summed E-state index contributed by atoms with van der Waals surface area (Å²) >= 11 is 5.49. The van der Waals surface area contributed by atoms with Gasteiger partial charge in [0, 0.05) is 5.54 Å². The van der Waals surface area contributed by atoms with Crippen LogP contribution in [0.3, 0.4) is 0 Å². The zero-order chi connectivity index (χ0) is 13.9. The molecule has 0 atom stereocenters. The SMILES string of the molecule is Cc1cc(CC(C)(C)NC(=O)CCl)cc(C)c1O. The van der Waals surface area contributed by atoms with Gasteiger partial charge >= 0.3 is 0 Å². The Morgan fingerprint density at radius 2 is 1.83 bits per heavy atom. The number of carbonyl (C=O) groups excluding carboxylic acids is 1. The van der Waals surface area contributed by atoms with Crippen LogP contribution in [-0.4, -0.2) is 22.4 Å². The van der Waals surface area contributed by atoms with E-state index in [4.69, 9.17) is 11.6 Å². The topological polar surface area (TPSA) is 49.3 Å². The van der Waals surface area contributed by atoms with E-state index in [-0.39, 0.29) is 17.3 Å². The van der Waals surface area contributed by atoms with E-state index >= 15 is 0 Å². The second-order valence-corrected chi connectivity index (χ2v) is 5.59. The normalized spacial score (nSPS) is 11.4. The van der Waals surface area contributed by atoms with Gasteiger partial charge in [-0.2, -0.15) is 0 Å². The molecule has 4 heteroatoms. The van der Waals surface area contributed by atoms with Gasteiger partial charge in [-0.05, 0) is 50.8 Å². The van der Waals surface area contributed by atoms with Crippen LogP contribution in [0.2, 0.25) is 0 Å². The first-order valence-electron chi connectivity index (χ1n) is 5.91. The molecule has 100 valence electrons. The number of aromatic hydroxyl groups is 1. The maximum atomic E-state index is 11.3. The lowest BCUT2D eigenvalue weighted by molar-refractivity contribution is -0.120. The molecule has 0 unspecified atom stereocenters. The van der Waals surface area contributed by atoms with Gasteiger partial charge in [-0.1, -0.05) is 12.1 Å². The van der Waals surface area contributed by atoms with Crippen molar-refractivity contribution >= 4 is 17.5 Å². The van der Waals surface area contributed by atoms with Gasteiger partial charge in [-0.3, -0.25) is 4.79 Å². The van der Waals surface area contributed by atoms with Crippen molar-refractivity contribution in [1.29, 1.82) is 0 Å². The number of rotatable bonds is 4. The molecule has 0 bridgehead atoms. The van der Waals surface area contributed by atoms with Gasteiger partial charge in [-0.25, -0.2) is 0 Å². The lowest BCUT2D eigenvalue weighted by Gasteiger charge is -2.26. The van der Waals surface area contributed by atoms with Crippen molar-refractivity contribution in [2.45, 2.75) is 39.7 Å². The number of nitrogens with one attached hydrogen (secondary N) is 1. The van der Waals surface area contributed by atoms with Crippen LogP contribution in [0, 0.1) is 13.8 Å².